The van der Waals surface area contributed by atoms with E-state index in [9.17, 15) is 9.59 Å². The molecule has 0 saturated heterocycles. The Morgan fingerprint density at radius 3 is 2.42 bits per heavy atom. The van der Waals surface area contributed by atoms with Gasteiger partial charge in [0, 0.05) is 12.6 Å². The van der Waals surface area contributed by atoms with Crippen molar-refractivity contribution in [3.8, 4) is 0 Å². The van der Waals surface area contributed by atoms with Crippen molar-refractivity contribution in [2.24, 2.45) is 7.05 Å². The number of carbonyl (C=O) groups is 2. The molecule has 4 N–H and O–H groups in total. The van der Waals surface area contributed by atoms with Gasteiger partial charge in [0.25, 0.3) is 5.91 Å². The standard InChI is InChI=1S/C12H21N5O2/c1-7(10(18)16-12(2,3)4)15-11(19)8-6-14-17(5)9(8)13/h6-7H,13H2,1-5H3,(H,15,19)(H,16,18). The summed E-state index contributed by atoms with van der Waals surface area (Å²) >= 11 is 0. The molecule has 7 heteroatoms. The molecule has 0 aliphatic heterocycles. The predicted octanol–water partition coefficient (Wildman–Crippen LogP) is 0.0353. The van der Waals surface area contributed by atoms with Crippen molar-refractivity contribution < 1.29 is 9.59 Å². The third-order valence-electron chi connectivity index (χ3n) is 2.47. The van der Waals surface area contributed by atoms with Gasteiger partial charge >= 0.3 is 0 Å². The van der Waals surface area contributed by atoms with Gasteiger partial charge in [-0.1, -0.05) is 0 Å². The topological polar surface area (TPSA) is 102 Å². The van der Waals surface area contributed by atoms with E-state index >= 15 is 0 Å². The maximum atomic E-state index is 11.9. The monoisotopic (exact) mass is 267 g/mol. The molecule has 0 saturated carbocycles. The molecule has 1 aromatic heterocycles. The molecular weight excluding hydrogens is 246 g/mol. The predicted molar refractivity (Wildman–Crippen MR) is 72.4 cm³/mol. The zero-order valence-electron chi connectivity index (χ0n) is 11.9. The fourth-order valence-corrected chi connectivity index (χ4v) is 1.44. The van der Waals surface area contributed by atoms with Crippen LogP contribution in [0, 0.1) is 0 Å². The highest BCUT2D eigenvalue weighted by molar-refractivity contribution is 6.00. The first kappa shape index (κ1) is 15.0. The van der Waals surface area contributed by atoms with E-state index in [2.05, 4.69) is 15.7 Å². The molecule has 0 aliphatic rings. The third-order valence-corrected chi connectivity index (χ3v) is 2.47. The summed E-state index contributed by atoms with van der Waals surface area (Å²) in [7, 11) is 1.64. The van der Waals surface area contributed by atoms with Crippen molar-refractivity contribution in [3.63, 3.8) is 0 Å². The average molecular weight is 267 g/mol. The van der Waals surface area contributed by atoms with E-state index in [0.717, 1.165) is 0 Å². The molecule has 0 bridgehead atoms. The minimum atomic E-state index is -0.647. The van der Waals surface area contributed by atoms with Gasteiger partial charge in [-0.2, -0.15) is 5.10 Å². The van der Waals surface area contributed by atoms with Gasteiger partial charge in [-0.15, -0.1) is 0 Å². The van der Waals surface area contributed by atoms with Gasteiger partial charge in [-0.05, 0) is 27.7 Å². The molecule has 0 aromatic carbocycles. The number of rotatable bonds is 3. The van der Waals surface area contributed by atoms with Crippen LogP contribution in [-0.2, 0) is 11.8 Å². The summed E-state index contributed by atoms with van der Waals surface area (Å²) in [4.78, 5) is 23.8. The lowest BCUT2D eigenvalue weighted by atomic mass is 10.1. The minimum Gasteiger partial charge on any atom is -0.383 e. The Morgan fingerprint density at radius 1 is 1.42 bits per heavy atom. The normalized spacial score (nSPS) is 12.9. The Morgan fingerprint density at radius 2 is 2.00 bits per heavy atom. The summed E-state index contributed by atoms with van der Waals surface area (Å²) in [6.07, 6.45) is 1.37. The molecule has 1 atom stereocenters. The third kappa shape index (κ3) is 3.97. The van der Waals surface area contributed by atoms with Gasteiger partial charge in [-0.25, -0.2) is 0 Å². The number of hydrogen-bond donors (Lipinski definition) is 3. The number of anilines is 1. The van der Waals surface area contributed by atoms with Crippen molar-refractivity contribution in [1.29, 1.82) is 0 Å². The summed E-state index contributed by atoms with van der Waals surface area (Å²) in [5.74, 6) is -0.397. The summed E-state index contributed by atoms with van der Waals surface area (Å²) in [5.41, 5.74) is 5.61. The molecule has 7 nitrogen and oxygen atoms in total. The van der Waals surface area contributed by atoms with Crippen LogP contribution in [0.4, 0.5) is 5.82 Å². The van der Waals surface area contributed by atoms with Gasteiger partial charge in [0.2, 0.25) is 5.91 Å². The molecule has 1 heterocycles. The molecule has 0 aliphatic carbocycles. The van der Waals surface area contributed by atoms with Gasteiger partial charge in [0.1, 0.15) is 17.4 Å². The lowest BCUT2D eigenvalue weighted by molar-refractivity contribution is -0.124. The van der Waals surface area contributed by atoms with E-state index in [1.54, 1.807) is 14.0 Å². The number of hydrogen-bond acceptors (Lipinski definition) is 4. The Balaban J connectivity index is 2.67. The highest BCUT2D eigenvalue weighted by Crippen LogP contribution is 2.09. The zero-order valence-corrected chi connectivity index (χ0v) is 11.9. The van der Waals surface area contributed by atoms with E-state index in [4.69, 9.17) is 5.73 Å². The van der Waals surface area contributed by atoms with Crippen molar-refractivity contribution in [2.75, 3.05) is 5.73 Å². The van der Waals surface area contributed by atoms with Crippen LogP contribution in [0.2, 0.25) is 0 Å². The van der Waals surface area contributed by atoms with Crippen molar-refractivity contribution in [2.45, 2.75) is 39.3 Å². The zero-order chi connectivity index (χ0) is 14.8. The Kier molecular flexibility index (Phi) is 4.18. The molecule has 0 radical (unpaired) electrons. The number of nitrogens with one attached hydrogen (secondary N) is 2. The molecule has 1 aromatic rings. The summed E-state index contributed by atoms with van der Waals surface area (Å²) < 4.78 is 1.40. The van der Waals surface area contributed by atoms with Crippen LogP contribution < -0.4 is 16.4 Å². The first-order chi connectivity index (χ1) is 8.61. The minimum absolute atomic E-state index is 0.247. The number of aromatic nitrogens is 2. The lowest BCUT2D eigenvalue weighted by Gasteiger charge is -2.23. The van der Waals surface area contributed by atoms with Crippen molar-refractivity contribution in [1.82, 2.24) is 20.4 Å². The molecule has 2 amide bonds. The number of nitrogen functional groups attached to an aromatic ring is 1. The van der Waals surface area contributed by atoms with E-state index < -0.39 is 11.9 Å². The second kappa shape index (κ2) is 5.29. The number of aryl methyl sites for hydroxylation is 1. The summed E-state index contributed by atoms with van der Waals surface area (Å²) in [5, 5.41) is 9.26. The first-order valence-corrected chi connectivity index (χ1v) is 6.02. The molecule has 19 heavy (non-hydrogen) atoms. The van der Waals surface area contributed by atoms with Crippen LogP contribution in [0.25, 0.3) is 0 Å². The Labute approximate surface area is 112 Å². The van der Waals surface area contributed by atoms with E-state index in [0.29, 0.717) is 0 Å². The van der Waals surface area contributed by atoms with E-state index in [1.165, 1.54) is 10.9 Å². The van der Waals surface area contributed by atoms with Crippen molar-refractivity contribution in [3.05, 3.63) is 11.8 Å². The fourth-order valence-electron chi connectivity index (χ4n) is 1.44. The number of nitrogens with two attached hydrogens (primary N) is 1. The summed E-state index contributed by atoms with van der Waals surface area (Å²) in [6.45, 7) is 7.24. The largest absolute Gasteiger partial charge is 0.383 e. The fraction of sp³-hybridized carbons (Fsp3) is 0.583. The molecule has 1 rings (SSSR count). The number of nitrogens with zero attached hydrogens (tertiary/aromatic N) is 2. The Bertz CT molecular complexity index is 487. The summed E-state index contributed by atoms with van der Waals surface area (Å²) in [6, 6.07) is -0.647. The SMILES string of the molecule is CC(NC(=O)c1cnn(C)c1N)C(=O)NC(C)(C)C. The van der Waals surface area contributed by atoms with Crippen LogP contribution in [0.3, 0.4) is 0 Å². The second-order valence-corrected chi connectivity index (χ2v) is 5.50. The highest BCUT2D eigenvalue weighted by atomic mass is 16.2. The number of amides is 2. The lowest BCUT2D eigenvalue weighted by Crippen LogP contribution is -2.50. The maximum absolute atomic E-state index is 11.9. The van der Waals surface area contributed by atoms with Crippen molar-refractivity contribution >= 4 is 17.6 Å². The maximum Gasteiger partial charge on any atom is 0.257 e. The first-order valence-electron chi connectivity index (χ1n) is 6.02. The molecule has 1 unspecified atom stereocenters. The van der Waals surface area contributed by atoms with Gasteiger partial charge in [0.15, 0.2) is 0 Å². The van der Waals surface area contributed by atoms with E-state index in [-0.39, 0.29) is 22.8 Å². The van der Waals surface area contributed by atoms with Crippen LogP contribution in [0.1, 0.15) is 38.1 Å². The van der Waals surface area contributed by atoms with Crippen LogP contribution in [0.15, 0.2) is 6.20 Å². The van der Waals surface area contributed by atoms with E-state index in [1.807, 2.05) is 20.8 Å². The van der Waals surface area contributed by atoms with Crippen LogP contribution >= 0.6 is 0 Å². The smallest absolute Gasteiger partial charge is 0.257 e. The van der Waals surface area contributed by atoms with Crippen LogP contribution in [-0.4, -0.2) is 33.2 Å². The van der Waals surface area contributed by atoms with Crippen LogP contribution in [0.5, 0.6) is 0 Å². The molecule has 106 valence electrons. The highest BCUT2D eigenvalue weighted by Gasteiger charge is 2.22. The quantitative estimate of drug-likeness (QED) is 0.719. The molecule has 0 fully saturated rings. The Hall–Kier alpha value is -2.05. The van der Waals surface area contributed by atoms with Gasteiger partial charge in [0.05, 0.1) is 6.20 Å². The average Bonchev–Trinajstić information content (AvgIpc) is 2.57. The molecular formula is C12H21N5O2. The van der Waals surface area contributed by atoms with Gasteiger partial charge < -0.3 is 16.4 Å². The molecule has 0 spiro atoms. The second-order valence-electron chi connectivity index (χ2n) is 5.50. The van der Waals surface area contributed by atoms with Gasteiger partial charge in [-0.3, -0.25) is 14.3 Å². The number of carbonyl (C=O) groups excluding carboxylic acids is 2.